The number of aromatic carboxylic acids is 1. The molecule has 0 fully saturated rings. The minimum Gasteiger partial charge on any atom is -0.494 e. The van der Waals surface area contributed by atoms with Crippen LogP contribution in [-0.2, 0) is 11.0 Å². The Bertz CT molecular complexity index is 1240. The van der Waals surface area contributed by atoms with Gasteiger partial charge in [-0.1, -0.05) is 39.6 Å². The fourth-order valence-corrected chi connectivity index (χ4v) is 3.87. The van der Waals surface area contributed by atoms with Crippen LogP contribution in [0.25, 0.3) is 0 Å². The van der Waals surface area contributed by atoms with Crippen molar-refractivity contribution in [1.29, 1.82) is 0 Å². The molecule has 0 saturated carbocycles. The summed E-state index contributed by atoms with van der Waals surface area (Å²) in [6.45, 7) is 2.98. The summed E-state index contributed by atoms with van der Waals surface area (Å²) in [6, 6.07) is 7.91. The molecule has 3 rings (SSSR count). The van der Waals surface area contributed by atoms with Crippen LogP contribution in [0.1, 0.15) is 29.2 Å². The lowest BCUT2D eigenvalue weighted by atomic mass is 10.2. The fraction of sp³-hybridized carbons (Fsp3) is 0.273. The molecule has 37 heavy (non-hydrogen) atoms. The maximum Gasteiger partial charge on any atom is 0.445 e. The first kappa shape index (κ1) is 30.1. The van der Waals surface area contributed by atoms with E-state index in [2.05, 4.69) is 10.2 Å². The van der Waals surface area contributed by atoms with Gasteiger partial charge in [0.25, 0.3) is 11.1 Å². The number of carboxylic acid groups (broad SMARTS) is 1. The van der Waals surface area contributed by atoms with Crippen molar-refractivity contribution in [2.24, 2.45) is 0 Å². The Balaban J connectivity index is 0.000000312. The highest BCUT2D eigenvalue weighted by Crippen LogP contribution is 2.34. The van der Waals surface area contributed by atoms with E-state index in [-0.39, 0.29) is 43.9 Å². The van der Waals surface area contributed by atoms with Gasteiger partial charge in [-0.15, -0.1) is 5.10 Å². The summed E-state index contributed by atoms with van der Waals surface area (Å²) in [7, 11) is 1.34. The third-order valence-corrected chi connectivity index (χ3v) is 5.83. The first-order valence-corrected chi connectivity index (χ1v) is 11.7. The van der Waals surface area contributed by atoms with Gasteiger partial charge in [0.2, 0.25) is 5.01 Å². The highest BCUT2D eigenvalue weighted by molar-refractivity contribution is 7.13. The van der Waals surface area contributed by atoms with Gasteiger partial charge in [0.15, 0.2) is 12.4 Å². The average molecular weight is 584 g/mol. The largest absolute Gasteiger partial charge is 0.494 e. The SMILES string of the molecule is CC(C)N(C(=O)COc1nnc(C(F)(F)F)s1)c1ccc(F)cc1.COc1c(Cl)ccc(Cl)c1C(=O)O. The van der Waals surface area contributed by atoms with E-state index in [9.17, 15) is 27.2 Å². The number of ether oxygens (including phenoxy) is 2. The van der Waals surface area contributed by atoms with E-state index in [0.29, 0.717) is 5.69 Å². The summed E-state index contributed by atoms with van der Waals surface area (Å²) in [5, 5.41) is 13.8. The zero-order valence-electron chi connectivity index (χ0n) is 19.3. The number of amides is 1. The van der Waals surface area contributed by atoms with Crippen LogP contribution in [0.15, 0.2) is 36.4 Å². The van der Waals surface area contributed by atoms with Crippen LogP contribution >= 0.6 is 34.5 Å². The summed E-state index contributed by atoms with van der Waals surface area (Å²) >= 11 is 11.6. The van der Waals surface area contributed by atoms with E-state index in [1.165, 1.54) is 48.4 Å². The van der Waals surface area contributed by atoms with Gasteiger partial charge in [0.1, 0.15) is 11.4 Å². The number of hydrogen-bond acceptors (Lipinski definition) is 7. The van der Waals surface area contributed by atoms with E-state index in [0.717, 1.165) is 0 Å². The predicted molar refractivity (Wildman–Crippen MR) is 129 cm³/mol. The predicted octanol–water partition coefficient (Wildman–Crippen LogP) is 6.22. The normalized spacial score (nSPS) is 11.0. The van der Waals surface area contributed by atoms with Crippen LogP contribution in [0, 0.1) is 5.82 Å². The molecule has 0 atom stereocenters. The van der Waals surface area contributed by atoms with Crippen LogP contribution < -0.4 is 14.4 Å². The van der Waals surface area contributed by atoms with Gasteiger partial charge in [0.05, 0.1) is 17.2 Å². The molecule has 2 aromatic carbocycles. The summed E-state index contributed by atoms with van der Waals surface area (Å²) < 4.78 is 60.1. The molecule has 200 valence electrons. The third kappa shape index (κ3) is 8.17. The van der Waals surface area contributed by atoms with Crippen molar-refractivity contribution in [2.45, 2.75) is 26.1 Å². The number of halogens is 6. The zero-order valence-corrected chi connectivity index (χ0v) is 21.7. The molecule has 3 aromatic rings. The fourth-order valence-electron chi connectivity index (χ4n) is 2.84. The Hall–Kier alpha value is -3.16. The van der Waals surface area contributed by atoms with Gasteiger partial charge in [-0.3, -0.25) is 4.79 Å². The van der Waals surface area contributed by atoms with Crippen molar-refractivity contribution in [1.82, 2.24) is 10.2 Å². The topological polar surface area (TPSA) is 102 Å². The number of nitrogens with zero attached hydrogens (tertiary/aromatic N) is 3. The maximum atomic E-state index is 13.0. The van der Waals surface area contributed by atoms with Crippen molar-refractivity contribution < 1.29 is 41.7 Å². The minimum absolute atomic E-state index is 0.0849. The second-order valence-corrected chi connectivity index (χ2v) is 8.99. The number of benzene rings is 2. The second kappa shape index (κ2) is 12.9. The molecule has 0 spiro atoms. The average Bonchev–Trinajstić information content (AvgIpc) is 3.30. The molecule has 1 aromatic heterocycles. The van der Waals surface area contributed by atoms with E-state index < -0.39 is 35.5 Å². The number of methoxy groups -OCH3 is 1. The highest BCUT2D eigenvalue weighted by Gasteiger charge is 2.36. The van der Waals surface area contributed by atoms with E-state index in [1.807, 2.05) is 0 Å². The number of carboxylic acids is 1. The number of hydrogen-bond donors (Lipinski definition) is 1. The number of alkyl halides is 3. The number of rotatable bonds is 7. The molecule has 0 radical (unpaired) electrons. The van der Waals surface area contributed by atoms with Crippen LogP contribution in [-0.4, -0.2) is 46.9 Å². The minimum atomic E-state index is -4.61. The Morgan fingerprint density at radius 1 is 1.08 bits per heavy atom. The highest BCUT2D eigenvalue weighted by atomic mass is 35.5. The standard InChI is InChI=1S/C14H13F4N3O2S.C8H6Cl2O3/c1-8(2)21(10-5-3-9(15)4-6-10)11(22)7-23-13-20-19-12(24-13)14(16,17)18;1-13-7-5(10)3-2-4(9)6(7)8(11)12/h3-6,8H,7H2,1-2H3;2-3H,1H3,(H,11,12). The number of aromatic nitrogens is 2. The Labute approximate surface area is 222 Å². The molecule has 8 nitrogen and oxygen atoms in total. The molecule has 1 N–H and O–H groups in total. The van der Waals surface area contributed by atoms with E-state index in [1.54, 1.807) is 13.8 Å². The van der Waals surface area contributed by atoms with Gasteiger partial charge >= 0.3 is 12.1 Å². The lowest BCUT2D eigenvalue weighted by Crippen LogP contribution is -2.40. The molecule has 0 bridgehead atoms. The third-order valence-electron chi connectivity index (χ3n) is 4.33. The van der Waals surface area contributed by atoms with Crippen molar-refractivity contribution in [3.63, 3.8) is 0 Å². The first-order chi connectivity index (χ1) is 17.3. The summed E-state index contributed by atoms with van der Waals surface area (Å²) in [4.78, 5) is 24.4. The lowest BCUT2D eigenvalue weighted by Gasteiger charge is -2.26. The summed E-state index contributed by atoms with van der Waals surface area (Å²) in [5.74, 6) is -2.02. The van der Waals surface area contributed by atoms with Crippen LogP contribution in [0.2, 0.25) is 10.0 Å². The molecule has 15 heteroatoms. The van der Waals surface area contributed by atoms with Crippen molar-refractivity contribution in [3.05, 3.63) is 62.8 Å². The van der Waals surface area contributed by atoms with Crippen molar-refractivity contribution in [2.75, 3.05) is 18.6 Å². The van der Waals surface area contributed by atoms with Crippen molar-refractivity contribution in [3.8, 4) is 10.9 Å². The van der Waals surface area contributed by atoms with Gasteiger partial charge in [-0.2, -0.15) is 13.2 Å². The van der Waals surface area contributed by atoms with E-state index in [4.69, 9.17) is 37.8 Å². The number of anilines is 1. The smallest absolute Gasteiger partial charge is 0.445 e. The molecule has 1 heterocycles. The zero-order chi connectivity index (χ0) is 27.9. The maximum absolute atomic E-state index is 13.0. The number of carbonyl (C=O) groups excluding carboxylic acids is 1. The van der Waals surface area contributed by atoms with E-state index >= 15 is 0 Å². The molecule has 0 aliphatic rings. The molecule has 1 amide bonds. The van der Waals surface area contributed by atoms with Gasteiger partial charge in [-0.05, 0) is 50.2 Å². The summed E-state index contributed by atoms with van der Waals surface area (Å²) in [5.41, 5.74) is 0.338. The second-order valence-electron chi connectivity index (χ2n) is 7.24. The molecule has 0 aliphatic carbocycles. The Morgan fingerprint density at radius 3 is 2.14 bits per heavy atom. The molecule has 0 aliphatic heterocycles. The quantitative estimate of drug-likeness (QED) is 0.329. The Kier molecular flexibility index (Phi) is 10.5. The monoisotopic (exact) mass is 583 g/mol. The lowest BCUT2D eigenvalue weighted by molar-refractivity contribution is -0.138. The van der Waals surface area contributed by atoms with Crippen LogP contribution in [0.5, 0.6) is 10.9 Å². The Morgan fingerprint density at radius 2 is 1.68 bits per heavy atom. The van der Waals surface area contributed by atoms with Crippen LogP contribution in [0.3, 0.4) is 0 Å². The van der Waals surface area contributed by atoms with Crippen molar-refractivity contribution >= 4 is 52.1 Å². The molecular formula is C22H19Cl2F4N3O5S. The summed E-state index contributed by atoms with van der Waals surface area (Å²) in [6.07, 6.45) is -4.61. The van der Waals surface area contributed by atoms with Gasteiger partial charge < -0.3 is 19.5 Å². The molecule has 0 saturated heterocycles. The van der Waals surface area contributed by atoms with Gasteiger partial charge in [-0.25, -0.2) is 9.18 Å². The molecular weight excluding hydrogens is 565 g/mol. The number of carbonyl (C=O) groups is 2. The molecule has 0 unspecified atom stereocenters. The first-order valence-electron chi connectivity index (χ1n) is 10.1. The van der Waals surface area contributed by atoms with Crippen LogP contribution in [0.4, 0.5) is 23.2 Å². The van der Waals surface area contributed by atoms with Gasteiger partial charge in [0, 0.05) is 11.7 Å².